The molecule has 16 heavy (non-hydrogen) atoms. The van der Waals surface area contributed by atoms with E-state index in [2.05, 4.69) is 37.0 Å². The Hall–Kier alpha value is -0.270. The maximum Gasteiger partial charge on any atom is 0.0490 e. The molecule has 2 heteroatoms. The van der Waals surface area contributed by atoms with Gasteiger partial charge in [0.25, 0.3) is 0 Å². The molecule has 0 aromatic rings. The van der Waals surface area contributed by atoms with Gasteiger partial charge in [-0.2, -0.15) is 0 Å². The quantitative estimate of drug-likeness (QED) is 0.534. The molecule has 1 nitrogen and oxygen atoms in total. The highest BCUT2D eigenvalue weighted by Crippen LogP contribution is 2.17. The summed E-state index contributed by atoms with van der Waals surface area (Å²) in [6.07, 6.45) is 9.09. The molecule has 1 fully saturated rings. The van der Waals surface area contributed by atoms with Crippen LogP contribution >= 0.6 is 11.6 Å². The standard InChI is InChI=1S/C14H24ClN/c1-4-14(6-5-13(3)15)11-16-9-7-12(2)8-10-16/h4-6,12-13H,7-11H2,1-3H3/b6-5-,14-4+. The first-order valence-electron chi connectivity index (χ1n) is 6.31. The molecular weight excluding hydrogens is 218 g/mol. The van der Waals surface area contributed by atoms with Gasteiger partial charge >= 0.3 is 0 Å². The zero-order valence-electron chi connectivity index (χ0n) is 10.7. The Morgan fingerprint density at radius 2 is 2.06 bits per heavy atom. The maximum absolute atomic E-state index is 5.91. The highest BCUT2D eigenvalue weighted by Gasteiger charge is 2.15. The van der Waals surface area contributed by atoms with Gasteiger partial charge in [-0.15, -0.1) is 11.6 Å². The largest absolute Gasteiger partial charge is 0.299 e. The minimum atomic E-state index is 0.122. The molecule has 1 aliphatic rings. The van der Waals surface area contributed by atoms with Crippen molar-refractivity contribution in [2.75, 3.05) is 19.6 Å². The second kappa shape index (κ2) is 7.13. The second-order valence-corrected chi connectivity index (χ2v) is 5.55. The van der Waals surface area contributed by atoms with Crippen molar-refractivity contribution in [3.63, 3.8) is 0 Å². The van der Waals surface area contributed by atoms with E-state index in [1.54, 1.807) is 0 Å². The van der Waals surface area contributed by atoms with Crippen molar-refractivity contribution in [2.24, 2.45) is 5.92 Å². The number of hydrogen-bond donors (Lipinski definition) is 0. The average molecular weight is 242 g/mol. The molecule has 0 aliphatic carbocycles. The average Bonchev–Trinajstić information content (AvgIpc) is 2.26. The Balaban J connectivity index is 2.39. The van der Waals surface area contributed by atoms with Crippen LogP contribution in [0.25, 0.3) is 0 Å². The number of alkyl halides is 1. The molecule has 0 aromatic carbocycles. The fourth-order valence-corrected chi connectivity index (χ4v) is 2.05. The summed E-state index contributed by atoms with van der Waals surface area (Å²) in [5.41, 5.74) is 1.38. The first-order valence-corrected chi connectivity index (χ1v) is 6.75. The Kier molecular flexibility index (Phi) is 6.15. The van der Waals surface area contributed by atoms with E-state index in [0.29, 0.717) is 0 Å². The van der Waals surface area contributed by atoms with Gasteiger partial charge in [0.15, 0.2) is 0 Å². The zero-order valence-corrected chi connectivity index (χ0v) is 11.5. The molecule has 1 unspecified atom stereocenters. The van der Waals surface area contributed by atoms with Crippen LogP contribution in [0.15, 0.2) is 23.8 Å². The number of nitrogens with zero attached hydrogens (tertiary/aromatic N) is 1. The molecule has 0 spiro atoms. The maximum atomic E-state index is 5.91. The van der Waals surface area contributed by atoms with E-state index < -0.39 is 0 Å². The first kappa shape index (κ1) is 13.8. The van der Waals surface area contributed by atoms with E-state index in [0.717, 1.165) is 12.5 Å². The van der Waals surface area contributed by atoms with Gasteiger partial charge in [-0.25, -0.2) is 0 Å². The lowest BCUT2D eigenvalue weighted by Crippen LogP contribution is -2.34. The van der Waals surface area contributed by atoms with Crippen molar-refractivity contribution in [3.05, 3.63) is 23.8 Å². The molecule has 92 valence electrons. The van der Waals surface area contributed by atoms with Crippen LogP contribution in [0.5, 0.6) is 0 Å². The number of allylic oxidation sites excluding steroid dienone is 2. The van der Waals surface area contributed by atoms with Gasteiger partial charge in [-0.1, -0.05) is 25.2 Å². The number of rotatable bonds is 4. The Bertz CT molecular complexity index is 247. The number of likely N-dealkylation sites (tertiary alicyclic amines) is 1. The van der Waals surface area contributed by atoms with Gasteiger partial charge in [-0.3, -0.25) is 4.90 Å². The summed E-state index contributed by atoms with van der Waals surface area (Å²) in [5.74, 6) is 0.906. The van der Waals surface area contributed by atoms with Crippen LogP contribution < -0.4 is 0 Å². The second-order valence-electron chi connectivity index (χ2n) is 4.86. The molecule has 1 atom stereocenters. The molecule has 1 aliphatic heterocycles. The van der Waals surface area contributed by atoms with Crippen LogP contribution in [0.3, 0.4) is 0 Å². The van der Waals surface area contributed by atoms with E-state index in [1.165, 1.54) is 31.5 Å². The molecule has 0 aromatic heterocycles. The minimum Gasteiger partial charge on any atom is -0.299 e. The summed E-state index contributed by atoms with van der Waals surface area (Å²) in [5, 5.41) is 0.122. The van der Waals surface area contributed by atoms with Gasteiger partial charge < -0.3 is 0 Å². The predicted octanol–water partition coefficient (Wildman–Crippen LogP) is 3.85. The highest BCUT2D eigenvalue weighted by atomic mass is 35.5. The fraction of sp³-hybridized carbons (Fsp3) is 0.714. The SMILES string of the molecule is C/C=C(\C=C/C(C)Cl)CN1CCC(C)CC1. The van der Waals surface area contributed by atoms with E-state index in [-0.39, 0.29) is 5.38 Å². The van der Waals surface area contributed by atoms with E-state index in [9.17, 15) is 0 Å². The molecule has 1 heterocycles. The Morgan fingerprint density at radius 3 is 2.56 bits per heavy atom. The lowest BCUT2D eigenvalue weighted by atomic mass is 9.99. The normalized spacial score (nSPS) is 22.9. The molecule has 0 radical (unpaired) electrons. The van der Waals surface area contributed by atoms with Crippen LogP contribution in [-0.4, -0.2) is 29.9 Å². The summed E-state index contributed by atoms with van der Waals surface area (Å²) in [7, 11) is 0. The highest BCUT2D eigenvalue weighted by molar-refractivity contribution is 6.21. The van der Waals surface area contributed by atoms with E-state index >= 15 is 0 Å². The van der Waals surface area contributed by atoms with E-state index in [1.807, 2.05) is 6.92 Å². The van der Waals surface area contributed by atoms with Gasteiger partial charge in [0, 0.05) is 11.9 Å². The first-order chi connectivity index (χ1) is 7.61. The molecule has 1 rings (SSSR count). The smallest absolute Gasteiger partial charge is 0.0490 e. The topological polar surface area (TPSA) is 3.24 Å². The van der Waals surface area contributed by atoms with Crippen molar-refractivity contribution in [3.8, 4) is 0 Å². The minimum absolute atomic E-state index is 0.122. The van der Waals surface area contributed by atoms with Crippen LogP contribution in [0, 0.1) is 5.92 Å². The number of hydrogen-bond acceptors (Lipinski definition) is 1. The Labute approximate surface area is 105 Å². The third-order valence-electron chi connectivity index (χ3n) is 3.23. The third kappa shape index (κ3) is 5.18. The van der Waals surface area contributed by atoms with E-state index in [4.69, 9.17) is 11.6 Å². The zero-order chi connectivity index (χ0) is 12.0. The van der Waals surface area contributed by atoms with Gasteiger partial charge in [0.2, 0.25) is 0 Å². The predicted molar refractivity (Wildman–Crippen MR) is 73.1 cm³/mol. The fourth-order valence-electron chi connectivity index (χ4n) is 1.97. The van der Waals surface area contributed by atoms with Crippen molar-refractivity contribution in [1.82, 2.24) is 4.90 Å². The monoisotopic (exact) mass is 241 g/mol. The molecule has 0 amide bonds. The van der Waals surface area contributed by atoms with Crippen molar-refractivity contribution in [2.45, 2.75) is 39.0 Å². The molecule has 0 saturated carbocycles. The van der Waals surface area contributed by atoms with Gasteiger partial charge in [0.1, 0.15) is 0 Å². The summed E-state index contributed by atoms with van der Waals surface area (Å²) >= 11 is 5.91. The van der Waals surface area contributed by atoms with Crippen LogP contribution in [0.1, 0.15) is 33.6 Å². The number of piperidine rings is 1. The summed E-state index contributed by atoms with van der Waals surface area (Å²) in [4.78, 5) is 2.54. The lowest BCUT2D eigenvalue weighted by molar-refractivity contribution is 0.207. The molecule has 0 N–H and O–H groups in total. The molecule has 0 bridgehead atoms. The van der Waals surface area contributed by atoms with Crippen LogP contribution in [0.2, 0.25) is 0 Å². The molecular formula is C14H24ClN. The van der Waals surface area contributed by atoms with Crippen molar-refractivity contribution >= 4 is 11.6 Å². The van der Waals surface area contributed by atoms with Gasteiger partial charge in [-0.05, 0) is 51.3 Å². The Morgan fingerprint density at radius 1 is 1.44 bits per heavy atom. The van der Waals surface area contributed by atoms with Crippen molar-refractivity contribution < 1.29 is 0 Å². The molecule has 1 saturated heterocycles. The summed E-state index contributed by atoms with van der Waals surface area (Å²) < 4.78 is 0. The number of halogens is 1. The van der Waals surface area contributed by atoms with Gasteiger partial charge in [0.05, 0.1) is 0 Å². The summed E-state index contributed by atoms with van der Waals surface area (Å²) in [6.45, 7) is 10.00. The third-order valence-corrected chi connectivity index (χ3v) is 3.37. The lowest BCUT2D eigenvalue weighted by Gasteiger charge is -2.30. The van der Waals surface area contributed by atoms with Crippen molar-refractivity contribution in [1.29, 1.82) is 0 Å². The summed E-state index contributed by atoms with van der Waals surface area (Å²) in [6, 6.07) is 0. The van der Waals surface area contributed by atoms with Crippen LogP contribution in [-0.2, 0) is 0 Å². The van der Waals surface area contributed by atoms with Crippen LogP contribution in [0.4, 0.5) is 0 Å².